The Kier molecular flexibility index (Phi) is 3.86. The second kappa shape index (κ2) is 4.72. The molecule has 3 atom stereocenters. The van der Waals surface area contributed by atoms with Crippen LogP contribution in [0.4, 0.5) is 0 Å². The van der Waals surface area contributed by atoms with Gasteiger partial charge in [-0.3, -0.25) is 9.69 Å². The molecule has 1 aliphatic rings. The van der Waals surface area contributed by atoms with E-state index in [4.69, 9.17) is 5.73 Å². The second-order valence-electron chi connectivity index (χ2n) is 3.84. The van der Waals surface area contributed by atoms with Gasteiger partial charge in [0.05, 0.1) is 6.10 Å². The topological polar surface area (TPSA) is 78.6 Å². The Morgan fingerprint density at radius 2 is 2.29 bits per heavy atom. The van der Waals surface area contributed by atoms with Crippen LogP contribution in [0.1, 0.15) is 13.8 Å². The first-order chi connectivity index (χ1) is 6.54. The average Bonchev–Trinajstić information content (AvgIpc) is 2.16. The van der Waals surface area contributed by atoms with E-state index in [1.165, 1.54) is 0 Å². The summed E-state index contributed by atoms with van der Waals surface area (Å²) in [5.74, 6) is -0.329. The zero-order chi connectivity index (χ0) is 10.7. The van der Waals surface area contributed by atoms with Crippen molar-refractivity contribution in [3.05, 3.63) is 0 Å². The molecule has 0 aromatic heterocycles. The minimum Gasteiger partial charge on any atom is -0.392 e. The minimum atomic E-state index is -0.449. The highest BCUT2D eigenvalue weighted by molar-refractivity contribution is 5.80. The van der Waals surface area contributed by atoms with Crippen LogP contribution in [0, 0.1) is 0 Å². The van der Waals surface area contributed by atoms with Crippen molar-refractivity contribution in [2.24, 2.45) is 5.73 Å². The van der Waals surface area contributed by atoms with Crippen molar-refractivity contribution in [1.82, 2.24) is 10.2 Å². The molecule has 0 saturated carbocycles. The fourth-order valence-electron chi connectivity index (χ4n) is 1.75. The predicted octanol–water partition coefficient (Wildman–Crippen LogP) is -1.49. The Labute approximate surface area is 84.3 Å². The Balaban J connectivity index is 2.67. The molecule has 0 aromatic carbocycles. The van der Waals surface area contributed by atoms with Crippen LogP contribution in [0.15, 0.2) is 0 Å². The van der Waals surface area contributed by atoms with Gasteiger partial charge in [-0.1, -0.05) is 0 Å². The largest absolute Gasteiger partial charge is 0.392 e. The minimum absolute atomic E-state index is 0.0328. The quantitative estimate of drug-likeness (QED) is 0.520. The third kappa shape index (κ3) is 2.43. The maximum absolute atomic E-state index is 11.2. The van der Waals surface area contributed by atoms with Crippen molar-refractivity contribution < 1.29 is 9.90 Å². The van der Waals surface area contributed by atoms with E-state index in [1.54, 1.807) is 6.92 Å². The molecule has 1 heterocycles. The number of carbonyl (C=O) groups is 1. The molecule has 5 nitrogen and oxygen atoms in total. The van der Waals surface area contributed by atoms with Gasteiger partial charge in [0.2, 0.25) is 5.91 Å². The van der Waals surface area contributed by atoms with E-state index in [2.05, 4.69) is 5.32 Å². The molecule has 82 valence electrons. The number of piperazine rings is 1. The van der Waals surface area contributed by atoms with E-state index < -0.39 is 6.10 Å². The molecule has 1 fully saturated rings. The van der Waals surface area contributed by atoms with Crippen LogP contribution in [0.25, 0.3) is 0 Å². The van der Waals surface area contributed by atoms with Crippen molar-refractivity contribution in [3.63, 3.8) is 0 Å². The van der Waals surface area contributed by atoms with E-state index in [1.807, 2.05) is 11.8 Å². The molecule has 1 rings (SSSR count). The molecule has 0 spiro atoms. The van der Waals surface area contributed by atoms with E-state index in [9.17, 15) is 9.90 Å². The van der Waals surface area contributed by atoms with E-state index >= 15 is 0 Å². The zero-order valence-electron chi connectivity index (χ0n) is 8.73. The Morgan fingerprint density at radius 3 is 2.79 bits per heavy atom. The highest BCUT2D eigenvalue weighted by atomic mass is 16.3. The molecule has 1 aliphatic heterocycles. The number of rotatable bonds is 3. The van der Waals surface area contributed by atoms with Gasteiger partial charge in [-0.25, -0.2) is 0 Å². The van der Waals surface area contributed by atoms with Crippen LogP contribution in [0.2, 0.25) is 0 Å². The lowest BCUT2D eigenvalue weighted by Gasteiger charge is -2.39. The van der Waals surface area contributed by atoms with Crippen LogP contribution >= 0.6 is 0 Å². The molecule has 1 saturated heterocycles. The van der Waals surface area contributed by atoms with Gasteiger partial charge in [-0.2, -0.15) is 0 Å². The third-order valence-electron chi connectivity index (χ3n) is 2.83. The second-order valence-corrected chi connectivity index (χ2v) is 3.84. The number of nitrogens with two attached hydrogens (primary N) is 1. The number of carbonyl (C=O) groups excluding carboxylic acids is 1. The fourth-order valence-corrected chi connectivity index (χ4v) is 1.75. The number of aliphatic hydroxyl groups is 1. The lowest BCUT2D eigenvalue weighted by atomic mass is 10.1. The molecule has 14 heavy (non-hydrogen) atoms. The molecule has 0 bridgehead atoms. The standard InChI is InChI=1S/C9H19N3O2/c1-6(7(2)13)12-4-3-11-5-8(12)9(10)14/h6-8,11,13H,3-5H2,1-2H3,(H2,10,14). The molecule has 0 radical (unpaired) electrons. The predicted molar refractivity (Wildman–Crippen MR) is 53.7 cm³/mol. The average molecular weight is 201 g/mol. The zero-order valence-corrected chi connectivity index (χ0v) is 8.73. The number of nitrogens with one attached hydrogen (secondary N) is 1. The van der Waals surface area contributed by atoms with Crippen LogP contribution in [0.3, 0.4) is 0 Å². The van der Waals surface area contributed by atoms with E-state index in [-0.39, 0.29) is 18.0 Å². The van der Waals surface area contributed by atoms with E-state index in [0.29, 0.717) is 6.54 Å². The molecule has 0 aliphatic carbocycles. The first kappa shape index (κ1) is 11.4. The molecular formula is C9H19N3O2. The van der Waals surface area contributed by atoms with Gasteiger partial charge in [0, 0.05) is 25.7 Å². The van der Waals surface area contributed by atoms with Crippen LogP contribution in [0.5, 0.6) is 0 Å². The van der Waals surface area contributed by atoms with Crippen LogP contribution in [-0.2, 0) is 4.79 Å². The molecular weight excluding hydrogens is 182 g/mol. The lowest BCUT2D eigenvalue weighted by molar-refractivity contribution is -0.125. The number of aliphatic hydroxyl groups excluding tert-OH is 1. The Morgan fingerprint density at radius 1 is 1.64 bits per heavy atom. The smallest absolute Gasteiger partial charge is 0.236 e. The maximum Gasteiger partial charge on any atom is 0.236 e. The van der Waals surface area contributed by atoms with Crippen molar-refractivity contribution in [1.29, 1.82) is 0 Å². The highest BCUT2D eigenvalue weighted by Gasteiger charge is 2.31. The summed E-state index contributed by atoms with van der Waals surface area (Å²) in [6.45, 7) is 5.80. The van der Waals surface area contributed by atoms with Gasteiger partial charge in [-0.05, 0) is 13.8 Å². The molecule has 4 N–H and O–H groups in total. The molecule has 1 amide bonds. The third-order valence-corrected chi connectivity index (χ3v) is 2.83. The Bertz CT molecular complexity index is 208. The van der Waals surface area contributed by atoms with Crippen molar-refractivity contribution in [2.45, 2.75) is 32.0 Å². The summed E-state index contributed by atoms with van der Waals surface area (Å²) in [6, 6.07) is -0.331. The monoisotopic (exact) mass is 201 g/mol. The van der Waals surface area contributed by atoms with Crippen molar-refractivity contribution in [3.8, 4) is 0 Å². The van der Waals surface area contributed by atoms with Crippen molar-refractivity contribution in [2.75, 3.05) is 19.6 Å². The number of primary amides is 1. The number of amides is 1. The Hall–Kier alpha value is -0.650. The van der Waals surface area contributed by atoms with Crippen LogP contribution in [-0.4, -0.2) is 53.7 Å². The SMILES string of the molecule is CC(O)C(C)N1CCNCC1C(N)=O. The summed E-state index contributed by atoms with van der Waals surface area (Å²) in [6.07, 6.45) is -0.449. The van der Waals surface area contributed by atoms with Gasteiger partial charge >= 0.3 is 0 Å². The first-order valence-corrected chi connectivity index (χ1v) is 4.98. The molecule has 0 aromatic rings. The summed E-state index contributed by atoms with van der Waals surface area (Å²) in [5, 5.41) is 12.6. The van der Waals surface area contributed by atoms with Gasteiger partial charge < -0.3 is 16.2 Å². The number of hydrogen-bond donors (Lipinski definition) is 3. The number of nitrogens with zero attached hydrogens (tertiary/aromatic N) is 1. The summed E-state index contributed by atoms with van der Waals surface area (Å²) in [5.41, 5.74) is 5.29. The van der Waals surface area contributed by atoms with Crippen LogP contribution < -0.4 is 11.1 Å². The normalized spacial score (nSPS) is 28.4. The summed E-state index contributed by atoms with van der Waals surface area (Å²) in [7, 11) is 0. The van der Waals surface area contributed by atoms with Gasteiger partial charge in [-0.15, -0.1) is 0 Å². The van der Waals surface area contributed by atoms with Gasteiger partial charge in [0.25, 0.3) is 0 Å². The molecule has 3 unspecified atom stereocenters. The lowest BCUT2D eigenvalue weighted by Crippen LogP contribution is -2.61. The van der Waals surface area contributed by atoms with Gasteiger partial charge in [0.1, 0.15) is 6.04 Å². The molecule has 5 heteroatoms. The summed E-state index contributed by atoms with van der Waals surface area (Å²) >= 11 is 0. The maximum atomic E-state index is 11.2. The van der Waals surface area contributed by atoms with Gasteiger partial charge in [0.15, 0.2) is 0 Å². The highest BCUT2D eigenvalue weighted by Crippen LogP contribution is 2.11. The summed E-state index contributed by atoms with van der Waals surface area (Å²) < 4.78 is 0. The summed E-state index contributed by atoms with van der Waals surface area (Å²) in [4.78, 5) is 13.1. The van der Waals surface area contributed by atoms with E-state index in [0.717, 1.165) is 13.1 Å². The first-order valence-electron chi connectivity index (χ1n) is 4.98. The fraction of sp³-hybridized carbons (Fsp3) is 0.889. The number of hydrogen-bond acceptors (Lipinski definition) is 4. The van der Waals surface area contributed by atoms with Crippen molar-refractivity contribution >= 4 is 5.91 Å².